The second kappa shape index (κ2) is 3.12. The van der Waals surface area contributed by atoms with Crippen LogP contribution >= 0.6 is 0 Å². The molecule has 7 nitrogen and oxygen atoms in total. The van der Waals surface area contributed by atoms with Crippen molar-refractivity contribution in [1.29, 1.82) is 0 Å². The number of amides is 2. The third-order valence-corrected chi connectivity index (χ3v) is 2.06. The van der Waals surface area contributed by atoms with Crippen LogP contribution in [0.3, 0.4) is 0 Å². The maximum atomic E-state index is 10.9. The first kappa shape index (κ1) is 9.25. The molecule has 0 spiro atoms. The molecule has 0 fully saturated rings. The molecule has 7 heteroatoms. The van der Waals surface area contributed by atoms with E-state index >= 15 is 0 Å². The number of rotatable bonds is 2. The normalized spacial score (nSPS) is 13.7. The smallest absolute Gasteiger partial charge is 0.269 e. The van der Waals surface area contributed by atoms with Gasteiger partial charge in [-0.1, -0.05) is 0 Å². The van der Waals surface area contributed by atoms with Crippen molar-refractivity contribution in [3.63, 3.8) is 0 Å². The Labute approximate surface area is 84.7 Å². The number of hydrogen-bond acceptors (Lipinski definition) is 4. The summed E-state index contributed by atoms with van der Waals surface area (Å²) in [6.07, 6.45) is 1.49. The molecule has 1 aliphatic rings. The Bertz CT molecular complexity index is 473. The van der Waals surface area contributed by atoms with Crippen LogP contribution in [0.1, 0.15) is 10.5 Å². The molecule has 0 aromatic carbocycles. The zero-order valence-electron chi connectivity index (χ0n) is 7.73. The Hall–Kier alpha value is -2.31. The fourth-order valence-corrected chi connectivity index (χ4v) is 1.29. The first-order valence-corrected chi connectivity index (χ1v) is 4.21. The van der Waals surface area contributed by atoms with Gasteiger partial charge in [0.25, 0.3) is 5.91 Å². The van der Waals surface area contributed by atoms with Gasteiger partial charge in [0, 0.05) is 12.3 Å². The van der Waals surface area contributed by atoms with Crippen LogP contribution in [0.25, 0.3) is 0 Å². The molecule has 2 rings (SSSR count). The minimum Gasteiger partial charge on any atom is -0.366 e. The molecule has 0 aliphatic carbocycles. The van der Waals surface area contributed by atoms with Crippen molar-refractivity contribution in [2.24, 2.45) is 11.5 Å². The van der Waals surface area contributed by atoms with Crippen LogP contribution in [-0.4, -0.2) is 21.6 Å². The molecule has 5 N–H and O–H groups in total. The first-order valence-electron chi connectivity index (χ1n) is 4.21. The van der Waals surface area contributed by atoms with Gasteiger partial charge in [0.1, 0.15) is 5.82 Å². The number of aromatic nitrogens is 2. The summed E-state index contributed by atoms with van der Waals surface area (Å²) < 4.78 is 1.46. The number of carbonyl (C=O) groups excluding carboxylic acids is 2. The highest BCUT2D eigenvalue weighted by atomic mass is 16.1. The van der Waals surface area contributed by atoms with Crippen LogP contribution in [-0.2, 0) is 11.3 Å². The van der Waals surface area contributed by atoms with Gasteiger partial charge in [0.15, 0.2) is 5.69 Å². The van der Waals surface area contributed by atoms with E-state index in [2.05, 4.69) is 10.4 Å². The highest BCUT2D eigenvalue weighted by molar-refractivity contribution is 5.94. The molecule has 15 heavy (non-hydrogen) atoms. The van der Waals surface area contributed by atoms with E-state index in [1.807, 2.05) is 0 Å². The molecule has 0 saturated heterocycles. The van der Waals surface area contributed by atoms with Crippen LogP contribution in [0, 0.1) is 0 Å². The second-order valence-electron chi connectivity index (χ2n) is 3.11. The summed E-state index contributed by atoms with van der Waals surface area (Å²) in [4.78, 5) is 21.7. The molecule has 1 aliphatic heterocycles. The van der Waals surface area contributed by atoms with Crippen molar-refractivity contribution in [2.45, 2.75) is 6.54 Å². The molecule has 1 aromatic heterocycles. The molecular formula is C8H9N5O2. The van der Waals surface area contributed by atoms with Gasteiger partial charge in [-0.15, -0.1) is 0 Å². The summed E-state index contributed by atoms with van der Waals surface area (Å²) in [5.74, 6) is -0.530. The Kier molecular flexibility index (Phi) is 1.93. The third-order valence-electron chi connectivity index (χ3n) is 2.06. The summed E-state index contributed by atoms with van der Waals surface area (Å²) >= 11 is 0. The number of nitrogens with two attached hydrogens (primary N) is 2. The van der Waals surface area contributed by atoms with E-state index in [0.29, 0.717) is 11.4 Å². The SMILES string of the molecule is NC(=O)C1=CNc2cc(C(N)=O)nn2C1. The van der Waals surface area contributed by atoms with Gasteiger partial charge in [-0.3, -0.25) is 9.59 Å². The predicted octanol–water partition coefficient (Wildman–Crippen LogP) is -1.22. The fourth-order valence-electron chi connectivity index (χ4n) is 1.29. The Balaban J connectivity index is 2.31. The first-order chi connectivity index (χ1) is 7.08. The lowest BCUT2D eigenvalue weighted by Gasteiger charge is -2.13. The lowest BCUT2D eigenvalue weighted by atomic mass is 10.2. The number of primary amides is 2. The van der Waals surface area contributed by atoms with E-state index in [1.54, 1.807) is 0 Å². The molecule has 1 aromatic rings. The van der Waals surface area contributed by atoms with Gasteiger partial charge < -0.3 is 16.8 Å². The fraction of sp³-hybridized carbons (Fsp3) is 0.125. The van der Waals surface area contributed by atoms with E-state index in [1.165, 1.54) is 16.9 Å². The average molecular weight is 207 g/mol. The zero-order chi connectivity index (χ0) is 11.0. The Morgan fingerprint density at radius 2 is 2.13 bits per heavy atom. The van der Waals surface area contributed by atoms with Crippen molar-refractivity contribution < 1.29 is 9.59 Å². The minimum atomic E-state index is -0.612. The lowest BCUT2D eigenvalue weighted by molar-refractivity contribution is -0.114. The Morgan fingerprint density at radius 3 is 2.73 bits per heavy atom. The maximum Gasteiger partial charge on any atom is 0.269 e. The van der Waals surface area contributed by atoms with Crippen molar-refractivity contribution >= 4 is 17.6 Å². The van der Waals surface area contributed by atoms with Gasteiger partial charge in [0.05, 0.1) is 12.1 Å². The van der Waals surface area contributed by atoms with Crippen molar-refractivity contribution in [1.82, 2.24) is 9.78 Å². The van der Waals surface area contributed by atoms with Crippen molar-refractivity contribution in [2.75, 3.05) is 5.32 Å². The largest absolute Gasteiger partial charge is 0.366 e. The predicted molar refractivity (Wildman–Crippen MR) is 51.6 cm³/mol. The number of fused-ring (bicyclic) bond motifs is 1. The van der Waals surface area contributed by atoms with E-state index in [4.69, 9.17) is 11.5 Å². The number of carbonyl (C=O) groups is 2. The number of anilines is 1. The summed E-state index contributed by atoms with van der Waals surface area (Å²) in [6.45, 7) is 0.241. The van der Waals surface area contributed by atoms with Gasteiger partial charge in [-0.05, 0) is 0 Å². The molecule has 0 atom stereocenters. The summed E-state index contributed by atoms with van der Waals surface area (Å²) in [5, 5.41) is 6.71. The lowest BCUT2D eigenvalue weighted by Crippen LogP contribution is -2.23. The van der Waals surface area contributed by atoms with Gasteiger partial charge in [-0.2, -0.15) is 5.10 Å². The van der Waals surface area contributed by atoms with Crippen LogP contribution < -0.4 is 16.8 Å². The van der Waals surface area contributed by atoms with E-state index in [9.17, 15) is 9.59 Å². The summed E-state index contributed by atoms with van der Waals surface area (Å²) in [6, 6.07) is 1.51. The molecule has 0 radical (unpaired) electrons. The van der Waals surface area contributed by atoms with Crippen molar-refractivity contribution in [3.8, 4) is 0 Å². The minimum absolute atomic E-state index is 0.150. The maximum absolute atomic E-state index is 10.9. The third kappa shape index (κ3) is 1.54. The van der Waals surface area contributed by atoms with Gasteiger partial charge >= 0.3 is 0 Å². The van der Waals surface area contributed by atoms with Crippen LogP contribution in [0.5, 0.6) is 0 Å². The highest BCUT2D eigenvalue weighted by Crippen LogP contribution is 2.17. The van der Waals surface area contributed by atoms with Crippen LogP contribution in [0.15, 0.2) is 17.8 Å². The highest BCUT2D eigenvalue weighted by Gasteiger charge is 2.17. The topological polar surface area (TPSA) is 116 Å². The number of nitrogens with one attached hydrogen (secondary N) is 1. The van der Waals surface area contributed by atoms with Gasteiger partial charge in [-0.25, -0.2) is 4.68 Å². The van der Waals surface area contributed by atoms with Crippen molar-refractivity contribution in [3.05, 3.63) is 23.5 Å². The number of hydrogen-bond donors (Lipinski definition) is 3. The molecule has 78 valence electrons. The standard InChI is InChI=1S/C8H9N5O2/c9-7(14)4-2-11-6-1-5(8(10)15)12-13(6)3-4/h1-2,11H,3H2,(H2,9,14)(H2,10,15). The van der Waals surface area contributed by atoms with Gasteiger partial charge in [0.2, 0.25) is 5.91 Å². The molecule has 0 bridgehead atoms. The number of nitrogens with zero attached hydrogens (tertiary/aromatic N) is 2. The average Bonchev–Trinajstić information content (AvgIpc) is 2.59. The van der Waals surface area contributed by atoms with E-state index < -0.39 is 11.8 Å². The summed E-state index contributed by atoms with van der Waals surface area (Å²) in [7, 11) is 0. The zero-order valence-corrected chi connectivity index (χ0v) is 7.73. The second-order valence-corrected chi connectivity index (χ2v) is 3.11. The molecule has 2 heterocycles. The van der Waals surface area contributed by atoms with E-state index in [-0.39, 0.29) is 12.2 Å². The molecule has 2 amide bonds. The van der Waals surface area contributed by atoms with E-state index in [0.717, 1.165) is 0 Å². The summed E-state index contributed by atoms with van der Waals surface area (Å²) in [5.41, 5.74) is 10.7. The quantitative estimate of drug-likeness (QED) is 0.563. The molecule has 0 saturated carbocycles. The van der Waals surface area contributed by atoms with Crippen LogP contribution in [0.2, 0.25) is 0 Å². The molecule has 0 unspecified atom stereocenters. The molecular weight excluding hydrogens is 198 g/mol. The Morgan fingerprint density at radius 1 is 1.40 bits per heavy atom. The van der Waals surface area contributed by atoms with Crippen LogP contribution in [0.4, 0.5) is 5.82 Å². The monoisotopic (exact) mass is 207 g/mol.